The van der Waals surface area contributed by atoms with Crippen LogP contribution in [0.15, 0.2) is 12.2 Å². The second kappa shape index (κ2) is 2.61. The topological polar surface area (TPSA) is 29.5 Å². The van der Waals surface area contributed by atoms with Gasteiger partial charge in [-0.2, -0.15) is 0 Å². The van der Waals surface area contributed by atoms with E-state index < -0.39 is 6.29 Å². The third-order valence-electron chi connectivity index (χ3n) is 2.86. The van der Waals surface area contributed by atoms with Crippen molar-refractivity contribution < 1.29 is 9.84 Å². The van der Waals surface area contributed by atoms with Crippen LogP contribution in [0, 0.1) is 11.8 Å². The molecule has 0 spiro atoms. The predicted octanol–water partition coefficient (Wildman–Crippen LogP) is 1.31. The van der Waals surface area contributed by atoms with E-state index in [2.05, 4.69) is 19.1 Å². The lowest BCUT2D eigenvalue weighted by Gasteiger charge is -2.20. The largest absolute Gasteiger partial charge is 0.368 e. The van der Waals surface area contributed by atoms with Gasteiger partial charge in [0.2, 0.25) is 0 Å². The molecule has 2 aliphatic rings. The van der Waals surface area contributed by atoms with Crippen LogP contribution >= 0.6 is 0 Å². The molecule has 2 rings (SSSR count). The summed E-state index contributed by atoms with van der Waals surface area (Å²) in [4.78, 5) is 0. The lowest BCUT2D eigenvalue weighted by Crippen LogP contribution is -2.20. The number of hydrogen-bond acceptors (Lipinski definition) is 2. The highest BCUT2D eigenvalue weighted by molar-refractivity contribution is 4.99. The molecule has 1 fully saturated rings. The highest BCUT2D eigenvalue weighted by Gasteiger charge is 2.40. The molecule has 0 aromatic heterocycles. The van der Waals surface area contributed by atoms with Crippen LogP contribution in [0.3, 0.4) is 0 Å². The maximum atomic E-state index is 9.38. The van der Waals surface area contributed by atoms with Crippen LogP contribution in [0.1, 0.15) is 19.8 Å². The zero-order valence-corrected chi connectivity index (χ0v) is 6.73. The van der Waals surface area contributed by atoms with Crippen LogP contribution in [0.5, 0.6) is 0 Å². The summed E-state index contributed by atoms with van der Waals surface area (Å²) >= 11 is 0. The zero-order valence-electron chi connectivity index (χ0n) is 6.73. The molecule has 0 aromatic rings. The first-order chi connectivity index (χ1) is 5.29. The van der Waals surface area contributed by atoms with Gasteiger partial charge in [-0.1, -0.05) is 19.1 Å². The van der Waals surface area contributed by atoms with E-state index in [1.165, 1.54) is 0 Å². The van der Waals surface area contributed by atoms with Gasteiger partial charge in [0.25, 0.3) is 0 Å². The molecule has 4 atom stereocenters. The normalized spacial score (nSPS) is 49.3. The molecule has 1 N–H and O–H groups in total. The van der Waals surface area contributed by atoms with E-state index in [1.54, 1.807) is 0 Å². The molecule has 0 radical (unpaired) electrons. The maximum absolute atomic E-state index is 9.38. The second-order valence-corrected chi connectivity index (χ2v) is 3.53. The molecule has 1 unspecified atom stereocenters. The SMILES string of the molecule is C[C@@H]1C(O)O[C@H]2CC=CC[C@H]21. The number of aliphatic hydroxyl groups is 1. The lowest BCUT2D eigenvalue weighted by atomic mass is 9.84. The first-order valence-electron chi connectivity index (χ1n) is 4.27. The van der Waals surface area contributed by atoms with Crippen LogP contribution < -0.4 is 0 Å². The van der Waals surface area contributed by atoms with E-state index in [1.807, 2.05) is 0 Å². The van der Waals surface area contributed by atoms with Crippen molar-refractivity contribution in [3.63, 3.8) is 0 Å². The molecule has 1 saturated heterocycles. The van der Waals surface area contributed by atoms with E-state index in [4.69, 9.17) is 4.74 Å². The first kappa shape index (κ1) is 7.32. The minimum Gasteiger partial charge on any atom is -0.368 e. The van der Waals surface area contributed by atoms with Crippen molar-refractivity contribution in [1.82, 2.24) is 0 Å². The predicted molar refractivity (Wildman–Crippen MR) is 41.9 cm³/mol. The number of allylic oxidation sites excluding steroid dienone is 1. The molecule has 0 aromatic carbocycles. The molecule has 2 nitrogen and oxygen atoms in total. The number of rotatable bonds is 0. The summed E-state index contributed by atoms with van der Waals surface area (Å²) in [5, 5.41) is 9.38. The third-order valence-corrected chi connectivity index (χ3v) is 2.86. The Balaban J connectivity index is 2.12. The van der Waals surface area contributed by atoms with Crippen LogP contribution in [0.25, 0.3) is 0 Å². The molecule has 1 heterocycles. The quantitative estimate of drug-likeness (QED) is 0.533. The van der Waals surface area contributed by atoms with Gasteiger partial charge in [0.1, 0.15) is 0 Å². The van der Waals surface area contributed by atoms with Crippen LogP contribution in [-0.2, 0) is 4.74 Å². The maximum Gasteiger partial charge on any atom is 0.157 e. The summed E-state index contributed by atoms with van der Waals surface area (Å²) in [6, 6.07) is 0. The van der Waals surface area contributed by atoms with Gasteiger partial charge in [0.05, 0.1) is 6.10 Å². The molecule has 1 aliphatic heterocycles. The van der Waals surface area contributed by atoms with Gasteiger partial charge in [0.15, 0.2) is 6.29 Å². The van der Waals surface area contributed by atoms with Crippen molar-refractivity contribution >= 4 is 0 Å². The monoisotopic (exact) mass is 154 g/mol. The number of ether oxygens (including phenoxy) is 1. The molecular weight excluding hydrogens is 140 g/mol. The van der Waals surface area contributed by atoms with Crippen molar-refractivity contribution in [2.75, 3.05) is 0 Å². The van der Waals surface area contributed by atoms with E-state index in [0.717, 1.165) is 12.8 Å². The van der Waals surface area contributed by atoms with Crippen LogP contribution in [0.4, 0.5) is 0 Å². The Morgan fingerprint density at radius 2 is 2.09 bits per heavy atom. The summed E-state index contributed by atoms with van der Waals surface area (Å²) in [7, 11) is 0. The summed E-state index contributed by atoms with van der Waals surface area (Å²) < 4.78 is 5.38. The Bertz CT molecular complexity index is 176. The molecule has 11 heavy (non-hydrogen) atoms. The number of fused-ring (bicyclic) bond motifs is 1. The fraction of sp³-hybridized carbons (Fsp3) is 0.778. The minimum absolute atomic E-state index is 0.282. The van der Waals surface area contributed by atoms with Crippen molar-refractivity contribution in [2.45, 2.75) is 32.2 Å². The summed E-state index contributed by atoms with van der Waals surface area (Å²) in [5.41, 5.74) is 0. The Kier molecular flexibility index (Phi) is 1.74. The third kappa shape index (κ3) is 1.10. The molecular formula is C9H14O2. The van der Waals surface area contributed by atoms with Crippen molar-refractivity contribution in [1.29, 1.82) is 0 Å². The fourth-order valence-corrected chi connectivity index (χ4v) is 2.03. The standard InChI is InChI=1S/C9H14O2/c1-6-7-4-2-3-5-8(7)11-9(6)10/h2-3,6-10H,4-5H2,1H3/t6-,7-,8-,9?/m0/s1. The molecule has 0 bridgehead atoms. The van der Waals surface area contributed by atoms with Gasteiger partial charge >= 0.3 is 0 Å². The molecule has 2 heteroatoms. The van der Waals surface area contributed by atoms with Gasteiger partial charge < -0.3 is 9.84 Å². The highest BCUT2D eigenvalue weighted by Crippen LogP contribution is 2.37. The van der Waals surface area contributed by atoms with Crippen LogP contribution in [0.2, 0.25) is 0 Å². The Hall–Kier alpha value is -0.340. The van der Waals surface area contributed by atoms with Gasteiger partial charge in [-0.05, 0) is 18.8 Å². The van der Waals surface area contributed by atoms with Gasteiger partial charge in [-0.25, -0.2) is 0 Å². The number of hydrogen-bond donors (Lipinski definition) is 1. The fourth-order valence-electron chi connectivity index (χ4n) is 2.03. The van der Waals surface area contributed by atoms with Crippen LogP contribution in [-0.4, -0.2) is 17.5 Å². The Morgan fingerprint density at radius 1 is 1.36 bits per heavy atom. The number of aliphatic hydroxyl groups excluding tert-OH is 1. The smallest absolute Gasteiger partial charge is 0.157 e. The summed E-state index contributed by atoms with van der Waals surface area (Å²) in [6.07, 6.45) is 6.15. The van der Waals surface area contributed by atoms with Gasteiger partial charge in [0, 0.05) is 5.92 Å². The van der Waals surface area contributed by atoms with Crippen molar-refractivity contribution in [2.24, 2.45) is 11.8 Å². The highest BCUT2D eigenvalue weighted by atomic mass is 16.6. The molecule has 1 aliphatic carbocycles. The molecule has 62 valence electrons. The summed E-state index contributed by atoms with van der Waals surface area (Å²) in [5.74, 6) is 0.861. The average molecular weight is 154 g/mol. The van der Waals surface area contributed by atoms with Gasteiger partial charge in [-0.15, -0.1) is 0 Å². The molecule has 0 saturated carbocycles. The van der Waals surface area contributed by atoms with Crippen molar-refractivity contribution in [3.8, 4) is 0 Å². The van der Waals surface area contributed by atoms with E-state index in [9.17, 15) is 5.11 Å². The molecule has 0 amide bonds. The lowest BCUT2D eigenvalue weighted by molar-refractivity contribution is -0.105. The zero-order chi connectivity index (χ0) is 7.84. The average Bonchev–Trinajstić information content (AvgIpc) is 2.30. The van der Waals surface area contributed by atoms with E-state index >= 15 is 0 Å². The van der Waals surface area contributed by atoms with E-state index in [-0.39, 0.29) is 6.10 Å². The summed E-state index contributed by atoms with van der Waals surface area (Å²) in [6.45, 7) is 2.06. The first-order valence-corrected chi connectivity index (χ1v) is 4.27. The second-order valence-electron chi connectivity index (χ2n) is 3.53. The Morgan fingerprint density at radius 3 is 2.82 bits per heavy atom. The minimum atomic E-state index is -0.523. The van der Waals surface area contributed by atoms with E-state index in [0.29, 0.717) is 11.8 Å². The van der Waals surface area contributed by atoms with Crippen molar-refractivity contribution in [3.05, 3.63) is 12.2 Å². The Labute approximate surface area is 66.9 Å². The van der Waals surface area contributed by atoms with Gasteiger partial charge in [-0.3, -0.25) is 0 Å².